The Bertz CT molecular complexity index is 1420. The number of anilines is 1. The van der Waals surface area contributed by atoms with Gasteiger partial charge in [0.2, 0.25) is 5.95 Å². The van der Waals surface area contributed by atoms with Gasteiger partial charge in [-0.25, -0.2) is 9.97 Å². The Morgan fingerprint density at radius 3 is 2.20 bits per heavy atom. The number of benzene rings is 3. The lowest BCUT2D eigenvalue weighted by atomic mass is 10.2. The van der Waals surface area contributed by atoms with Crippen molar-refractivity contribution in [2.24, 2.45) is 0 Å². The summed E-state index contributed by atoms with van der Waals surface area (Å²) in [5.41, 5.74) is 5.62. The lowest BCUT2D eigenvalue weighted by Crippen LogP contribution is -3.14. The van der Waals surface area contributed by atoms with E-state index < -0.39 is 0 Å². The van der Waals surface area contributed by atoms with Gasteiger partial charge in [-0.2, -0.15) is 0 Å². The van der Waals surface area contributed by atoms with Crippen LogP contribution in [0.5, 0.6) is 0 Å². The highest BCUT2D eigenvalue weighted by Crippen LogP contribution is 2.22. The van der Waals surface area contributed by atoms with Crippen LogP contribution in [-0.4, -0.2) is 52.0 Å². The van der Waals surface area contributed by atoms with Gasteiger partial charge in [0.15, 0.2) is 0 Å². The summed E-state index contributed by atoms with van der Waals surface area (Å²) in [6.07, 6.45) is 0. The van der Waals surface area contributed by atoms with Gasteiger partial charge in [0.05, 0.1) is 54.9 Å². The molecule has 0 spiro atoms. The fourth-order valence-corrected chi connectivity index (χ4v) is 4.98. The molecule has 35 heavy (non-hydrogen) atoms. The summed E-state index contributed by atoms with van der Waals surface area (Å²) in [6.45, 7) is 7.21. The fraction of sp³-hybridized carbons (Fsp3) is 0.286. The number of quaternary nitrogens is 1. The van der Waals surface area contributed by atoms with Crippen molar-refractivity contribution in [3.63, 3.8) is 0 Å². The molecule has 2 N–H and O–H groups in total. The first kappa shape index (κ1) is 21.8. The van der Waals surface area contributed by atoms with Crippen LogP contribution in [0.2, 0.25) is 0 Å². The van der Waals surface area contributed by atoms with E-state index in [4.69, 9.17) is 14.7 Å². The lowest BCUT2D eigenvalue weighted by Gasteiger charge is -2.24. The van der Waals surface area contributed by atoms with Crippen molar-refractivity contribution < 1.29 is 9.64 Å². The maximum Gasteiger partial charge on any atom is 0.204 e. The molecule has 1 aliphatic rings. The van der Waals surface area contributed by atoms with Crippen molar-refractivity contribution in [2.45, 2.75) is 19.6 Å². The van der Waals surface area contributed by atoms with E-state index in [1.54, 1.807) is 4.90 Å². The minimum absolute atomic E-state index is 0.606. The number of hydrogen-bond acceptors (Lipinski definition) is 4. The smallest absolute Gasteiger partial charge is 0.204 e. The second-order valence-electron chi connectivity index (χ2n) is 9.13. The summed E-state index contributed by atoms with van der Waals surface area (Å²) in [5.74, 6) is 1.91. The maximum atomic E-state index is 5.54. The van der Waals surface area contributed by atoms with E-state index >= 15 is 0 Å². The first-order valence-electron chi connectivity index (χ1n) is 12.4. The van der Waals surface area contributed by atoms with Crippen molar-refractivity contribution in [2.75, 3.05) is 38.2 Å². The number of para-hydroxylation sites is 4. The normalized spacial score (nSPS) is 14.6. The van der Waals surface area contributed by atoms with Crippen LogP contribution in [0.25, 0.3) is 22.1 Å². The molecular weight excluding hydrogens is 436 g/mol. The maximum absolute atomic E-state index is 5.54. The Balaban J connectivity index is 1.28. The number of aromatic nitrogens is 4. The zero-order valence-corrected chi connectivity index (χ0v) is 19.9. The predicted octanol–water partition coefficient (Wildman–Crippen LogP) is 2.96. The highest BCUT2D eigenvalue weighted by atomic mass is 16.5. The van der Waals surface area contributed by atoms with E-state index in [-0.39, 0.29) is 0 Å². The van der Waals surface area contributed by atoms with Crippen molar-refractivity contribution in [1.29, 1.82) is 0 Å². The molecule has 3 heterocycles. The Labute approximate surface area is 205 Å². The zero-order chi connectivity index (χ0) is 23.5. The highest BCUT2D eigenvalue weighted by molar-refractivity contribution is 5.79. The van der Waals surface area contributed by atoms with Crippen LogP contribution >= 0.6 is 0 Å². The van der Waals surface area contributed by atoms with Gasteiger partial charge in [-0.1, -0.05) is 54.6 Å². The predicted molar refractivity (Wildman–Crippen MR) is 139 cm³/mol. The van der Waals surface area contributed by atoms with Gasteiger partial charge < -0.3 is 24.1 Å². The molecular formula is C28H31N6O+. The molecule has 0 saturated carbocycles. The number of nitrogens with zero attached hydrogens (tertiary/aromatic N) is 4. The van der Waals surface area contributed by atoms with E-state index in [1.165, 1.54) is 11.1 Å². The van der Waals surface area contributed by atoms with Crippen molar-refractivity contribution in [3.8, 4) is 0 Å². The van der Waals surface area contributed by atoms with Gasteiger partial charge in [-0.3, -0.25) is 0 Å². The largest absolute Gasteiger partial charge is 0.370 e. The summed E-state index contributed by atoms with van der Waals surface area (Å²) in [7, 11) is 0. The van der Waals surface area contributed by atoms with Gasteiger partial charge in [0.25, 0.3) is 0 Å². The molecule has 0 amide bonds. The van der Waals surface area contributed by atoms with Crippen LogP contribution in [0, 0.1) is 0 Å². The average Bonchev–Trinajstić information content (AvgIpc) is 3.45. The zero-order valence-electron chi connectivity index (χ0n) is 19.9. The van der Waals surface area contributed by atoms with E-state index in [1.807, 2.05) is 6.07 Å². The molecule has 5 aromatic rings. The average molecular weight is 468 g/mol. The van der Waals surface area contributed by atoms with Crippen LogP contribution in [0.3, 0.4) is 0 Å². The Kier molecular flexibility index (Phi) is 6.17. The molecule has 0 aliphatic carbocycles. The first-order chi connectivity index (χ1) is 17.3. The molecule has 2 aromatic heterocycles. The lowest BCUT2D eigenvalue weighted by molar-refractivity contribution is -0.908. The van der Waals surface area contributed by atoms with E-state index in [9.17, 15) is 0 Å². The molecule has 178 valence electrons. The third kappa shape index (κ3) is 4.65. The monoisotopic (exact) mass is 467 g/mol. The second kappa shape index (κ2) is 9.90. The fourth-order valence-electron chi connectivity index (χ4n) is 4.98. The molecule has 7 nitrogen and oxygen atoms in total. The quantitative estimate of drug-likeness (QED) is 0.368. The van der Waals surface area contributed by atoms with E-state index in [0.717, 1.165) is 74.3 Å². The standard InChI is InChI=1S/C28H30N6O/c1-2-8-22(9-3-1)21-34-26-13-7-4-10-23(26)30-27(34)20-29-28-31-24-11-5-6-12-25(24)33(28)15-14-32-16-18-35-19-17-32/h1-13H,14-21H2,(H,29,31)/p+1. The number of rotatable bonds is 8. The SMILES string of the molecule is c1ccc(Cn2c(CNc3nc4ccccc4n3CC[NH+]3CCOCC3)nc3ccccc32)cc1. The Hall–Kier alpha value is -3.68. The number of imidazole rings is 2. The number of nitrogens with one attached hydrogen (secondary N) is 2. The number of morpholine rings is 1. The van der Waals surface area contributed by atoms with Crippen molar-refractivity contribution in [1.82, 2.24) is 19.1 Å². The van der Waals surface area contributed by atoms with Crippen LogP contribution in [0.1, 0.15) is 11.4 Å². The summed E-state index contributed by atoms with van der Waals surface area (Å²) >= 11 is 0. The number of ether oxygens (including phenoxy) is 1. The Morgan fingerprint density at radius 1 is 0.771 bits per heavy atom. The molecule has 1 saturated heterocycles. The Morgan fingerprint density at radius 2 is 1.43 bits per heavy atom. The van der Waals surface area contributed by atoms with Gasteiger partial charge in [0.1, 0.15) is 18.9 Å². The van der Waals surface area contributed by atoms with E-state index in [0.29, 0.717) is 6.54 Å². The van der Waals surface area contributed by atoms with Crippen LogP contribution in [0.15, 0.2) is 78.9 Å². The van der Waals surface area contributed by atoms with Gasteiger partial charge in [-0.15, -0.1) is 0 Å². The molecule has 6 rings (SSSR count). The second-order valence-corrected chi connectivity index (χ2v) is 9.13. The van der Waals surface area contributed by atoms with Gasteiger partial charge in [-0.05, 0) is 29.8 Å². The molecule has 7 heteroatoms. The van der Waals surface area contributed by atoms with Gasteiger partial charge in [0, 0.05) is 6.54 Å². The molecule has 0 radical (unpaired) electrons. The third-order valence-corrected chi connectivity index (χ3v) is 6.87. The minimum Gasteiger partial charge on any atom is -0.370 e. The van der Waals surface area contributed by atoms with Crippen LogP contribution in [-0.2, 0) is 24.4 Å². The number of hydrogen-bond donors (Lipinski definition) is 2. The van der Waals surface area contributed by atoms with E-state index in [2.05, 4.69) is 87.2 Å². The topological polar surface area (TPSA) is 61.3 Å². The van der Waals surface area contributed by atoms with Crippen LogP contribution in [0.4, 0.5) is 5.95 Å². The summed E-state index contributed by atoms with van der Waals surface area (Å²) in [4.78, 5) is 11.5. The van der Waals surface area contributed by atoms with Crippen molar-refractivity contribution in [3.05, 3.63) is 90.3 Å². The van der Waals surface area contributed by atoms with Gasteiger partial charge >= 0.3 is 0 Å². The number of fused-ring (bicyclic) bond motifs is 2. The molecule has 0 bridgehead atoms. The molecule has 1 aliphatic heterocycles. The molecule has 0 unspecified atom stereocenters. The minimum atomic E-state index is 0.606. The molecule has 0 atom stereocenters. The summed E-state index contributed by atoms with van der Waals surface area (Å²) in [5, 5.41) is 3.63. The third-order valence-electron chi connectivity index (χ3n) is 6.87. The first-order valence-corrected chi connectivity index (χ1v) is 12.4. The van der Waals surface area contributed by atoms with Crippen LogP contribution < -0.4 is 10.2 Å². The summed E-state index contributed by atoms with van der Waals surface area (Å²) < 4.78 is 10.2. The molecule has 3 aromatic carbocycles. The molecule has 1 fully saturated rings. The highest BCUT2D eigenvalue weighted by Gasteiger charge is 2.17. The summed E-state index contributed by atoms with van der Waals surface area (Å²) in [6, 6.07) is 27.3. The van der Waals surface area contributed by atoms with Crippen molar-refractivity contribution >= 4 is 28.0 Å².